The van der Waals surface area contributed by atoms with Gasteiger partial charge in [-0.2, -0.15) is 5.21 Å². The van der Waals surface area contributed by atoms with Crippen LogP contribution in [0.25, 0.3) is 22.5 Å². The van der Waals surface area contributed by atoms with Crippen LogP contribution >= 0.6 is 11.6 Å². The standard InChI is InChI=1S/C20H16ClN5O3S/c1-29-16-8-11-18(20-22-25-26-23-20)19(12-16)24-30(27,28)17-9-4-14(5-10-17)13-2-6-15(21)7-3-13/h2-12,24H,1H3,(H,22,23,25,26). The minimum absolute atomic E-state index is 0.113. The zero-order chi connectivity index (χ0) is 21.1. The normalized spacial score (nSPS) is 11.3. The predicted octanol–water partition coefficient (Wildman–Crippen LogP) is 4.00. The second-order valence-electron chi connectivity index (χ2n) is 6.28. The molecule has 0 bridgehead atoms. The van der Waals surface area contributed by atoms with Crippen LogP contribution in [0.2, 0.25) is 5.02 Å². The number of H-pyrrole nitrogens is 1. The Labute approximate surface area is 177 Å². The molecule has 0 radical (unpaired) electrons. The summed E-state index contributed by atoms with van der Waals surface area (Å²) in [6.45, 7) is 0. The van der Waals surface area contributed by atoms with E-state index in [9.17, 15) is 8.42 Å². The summed E-state index contributed by atoms with van der Waals surface area (Å²) in [7, 11) is -2.37. The van der Waals surface area contributed by atoms with E-state index < -0.39 is 10.0 Å². The topological polar surface area (TPSA) is 110 Å². The Bertz CT molecular complexity index is 1260. The lowest BCUT2D eigenvalue weighted by atomic mass is 10.1. The molecule has 2 N–H and O–H groups in total. The largest absolute Gasteiger partial charge is 0.497 e. The fourth-order valence-electron chi connectivity index (χ4n) is 2.88. The highest BCUT2D eigenvalue weighted by Crippen LogP contribution is 2.31. The minimum atomic E-state index is -3.87. The summed E-state index contributed by atoms with van der Waals surface area (Å²) in [5.41, 5.74) is 2.55. The Kier molecular flexibility index (Phi) is 5.39. The van der Waals surface area contributed by atoms with Crippen LogP contribution in [-0.4, -0.2) is 36.2 Å². The first kappa shape index (κ1) is 19.9. The number of nitrogens with one attached hydrogen (secondary N) is 2. The number of hydrogen-bond donors (Lipinski definition) is 2. The summed E-state index contributed by atoms with van der Waals surface area (Å²) in [5, 5.41) is 14.4. The van der Waals surface area contributed by atoms with E-state index >= 15 is 0 Å². The molecule has 0 aliphatic carbocycles. The van der Waals surface area contributed by atoms with Crippen LogP contribution in [0.1, 0.15) is 0 Å². The smallest absolute Gasteiger partial charge is 0.261 e. The molecule has 30 heavy (non-hydrogen) atoms. The average Bonchev–Trinajstić information content (AvgIpc) is 3.29. The van der Waals surface area contributed by atoms with Gasteiger partial charge in [-0.25, -0.2) is 8.42 Å². The second-order valence-corrected chi connectivity index (χ2v) is 8.40. The van der Waals surface area contributed by atoms with Gasteiger partial charge < -0.3 is 4.74 Å². The van der Waals surface area contributed by atoms with E-state index in [0.717, 1.165) is 11.1 Å². The van der Waals surface area contributed by atoms with Gasteiger partial charge in [-0.05, 0) is 52.7 Å². The number of ether oxygens (including phenoxy) is 1. The first-order chi connectivity index (χ1) is 14.5. The maximum atomic E-state index is 13.0. The maximum absolute atomic E-state index is 13.0. The number of nitrogens with zero attached hydrogens (tertiary/aromatic N) is 3. The third kappa shape index (κ3) is 4.12. The van der Waals surface area contributed by atoms with Gasteiger partial charge in [0.1, 0.15) is 5.75 Å². The van der Waals surface area contributed by atoms with E-state index in [-0.39, 0.29) is 16.4 Å². The number of tetrazole rings is 1. The quantitative estimate of drug-likeness (QED) is 0.468. The molecule has 0 amide bonds. The Hall–Kier alpha value is -3.43. The van der Waals surface area contributed by atoms with Crippen molar-refractivity contribution < 1.29 is 13.2 Å². The summed E-state index contributed by atoms with van der Waals surface area (Å²) >= 11 is 5.92. The first-order valence-electron chi connectivity index (χ1n) is 8.77. The Morgan fingerprint density at radius 1 is 0.967 bits per heavy atom. The molecule has 4 aromatic rings. The third-order valence-corrected chi connectivity index (χ3v) is 6.03. The van der Waals surface area contributed by atoms with Crippen LogP contribution in [0.4, 0.5) is 5.69 Å². The van der Waals surface area contributed by atoms with E-state index in [0.29, 0.717) is 16.3 Å². The zero-order valence-electron chi connectivity index (χ0n) is 15.7. The molecule has 10 heteroatoms. The SMILES string of the molecule is COc1ccc(-c2nn[nH]n2)c(NS(=O)(=O)c2ccc(-c3ccc(Cl)cc3)cc2)c1. The molecule has 152 valence electrons. The fraction of sp³-hybridized carbons (Fsp3) is 0.0500. The van der Waals surface area contributed by atoms with Gasteiger partial charge >= 0.3 is 0 Å². The number of sulfonamides is 1. The predicted molar refractivity (Wildman–Crippen MR) is 114 cm³/mol. The van der Waals surface area contributed by atoms with Crippen molar-refractivity contribution in [3.05, 3.63) is 71.8 Å². The van der Waals surface area contributed by atoms with Gasteiger partial charge in [-0.15, -0.1) is 10.2 Å². The van der Waals surface area contributed by atoms with Crippen molar-refractivity contribution in [3.63, 3.8) is 0 Å². The van der Waals surface area contributed by atoms with Gasteiger partial charge in [0.25, 0.3) is 10.0 Å². The Balaban J connectivity index is 1.65. The number of halogens is 1. The Morgan fingerprint density at radius 3 is 2.23 bits per heavy atom. The van der Waals surface area contributed by atoms with Crippen LogP contribution in [0, 0.1) is 0 Å². The van der Waals surface area contributed by atoms with Gasteiger partial charge in [0.15, 0.2) is 0 Å². The molecule has 0 aliphatic rings. The number of aromatic amines is 1. The number of rotatable bonds is 6. The van der Waals surface area contributed by atoms with Crippen molar-refractivity contribution in [3.8, 4) is 28.3 Å². The van der Waals surface area contributed by atoms with Crippen molar-refractivity contribution in [2.24, 2.45) is 0 Å². The van der Waals surface area contributed by atoms with Crippen molar-refractivity contribution in [2.45, 2.75) is 4.90 Å². The van der Waals surface area contributed by atoms with Crippen LogP contribution in [0.5, 0.6) is 5.75 Å². The minimum Gasteiger partial charge on any atom is -0.497 e. The number of anilines is 1. The average molecular weight is 442 g/mol. The lowest BCUT2D eigenvalue weighted by Crippen LogP contribution is -2.14. The monoisotopic (exact) mass is 441 g/mol. The summed E-state index contributed by atoms with van der Waals surface area (Å²) in [4.78, 5) is 0.113. The highest BCUT2D eigenvalue weighted by molar-refractivity contribution is 7.92. The third-order valence-electron chi connectivity index (χ3n) is 4.40. The van der Waals surface area contributed by atoms with Gasteiger partial charge in [-0.3, -0.25) is 4.72 Å². The van der Waals surface area contributed by atoms with Crippen LogP contribution in [0.15, 0.2) is 71.6 Å². The number of benzene rings is 3. The van der Waals surface area contributed by atoms with E-state index in [4.69, 9.17) is 16.3 Å². The van der Waals surface area contributed by atoms with Crippen LogP contribution in [-0.2, 0) is 10.0 Å². The van der Waals surface area contributed by atoms with E-state index in [1.807, 2.05) is 12.1 Å². The van der Waals surface area contributed by atoms with E-state index in [1.165, 1.54) is 7.11 Å². The first-order valence-corrected chi connectivity index (χ1v) is 10.6. The second kappa shape index (κ2) is 8.13. The molecular formula is C20H16ClN5O3S. The summed E-state index contributed by atoms with van der Waals surface area (Å²) in [5.74, 6) is 0.742. The van der Waals surface area contributed by atoms with Gasteiger partial charge in [0.05, 0.1) is 17.7 Å². The van der Waals surface area contributed by atoms with Crippen LogP contribution in [0.3, 0.4) is 0 Å². The van der Waals surface area contributed by atoms with Gasteiger partial charge in [-0.1, -0.05) is 35.9 Å². The number of methoxy groups -OCH3 is 1. The van der Waals surface area contributed by atoms with Crippen molar-refractivity contribution in [1.82, 2.24) is 20.6 Å². The molecule has 4 rings (SSSR count). The van der Waals surface area contributed by atoms with Gasteiger partial charge in [0, 0.05) is 16.7 Å². The molecular weight excluding hydrogens is 426 g/mol. The van der Waals surface area contributed by atoms with Gasteiger partial charge in [0.2, 0.25) is 5.82 Å². The van der Waals surface area contributed by atoms with Crippen LogP contribution < -0.4 is 9.46 Å². The summed E-state index contributed by atoms with van der Waals surface area (Å²) in [6, 6.07) is 18.8. The fourth-order valence-corrected chi connectivity index (χ4v) is 4.07. The molecule has 0 spiro atoms. The maximum Gasteiger partial charge on any atom is 0.261 e. The molecule has 0 aliphatic heterocycles. The van der Waals surface area contributed by atoms with E-state index in [1.54, 1.807) is 54.6 Å². The molecule has 0 fully saturated rings. The lowest BCUT2D eigenvalue weighted by molar-refractivity contribution is 0.415. The molecule has 3 aromatic carbocycles. The summed E-state index contributed by atoms with van der Waals surface area (Å²) in [6.07, 6.45) is 0. The highest BCUT2D eigenvalue weighted by Gasteiger charge is 2.19. The highest BCUT2D eigenvalue weighted by atomic mass is 35.5. The molecule has 0 saturated carbocycles. The van der Waals surface area contributed by atoms with Crippen molar-refractivity contribution in [1.29, 1.82) is 0 Å². The summed E-state index contributed by atoms with van der Waals surface area (Å²) < 4.78 is 33.8. The molecule has 0 atom stereocenters. The molecule has 8 nitrogen and oxygen atoms in total. The number of hydrogen-bond acceptors (Lipinski definition) is 6. The molecule has 0 unspecified atom stereocenters. The van der Waals surface area contributed by atoms with Crippen molar-refractivity contribution in [2.75, 3.05) is 11.8 Å². The van der Waals surface area contributed by atoms with E-state index in [2.05, 4.69) is 25.3 Å². The molecule has 0 saturated heterocycles. The van der Waals surface area contributed by atoms with Crippen molar-refractivity contribution >= 4 is 27.3 Å². The Morgan fingerprint density at radius 2 is 1.63 bits per heavy atom. The lowest BCUT2D eigenvalue weighted by Gasteiger charge is -2.13. The molecule has 1 heterocycles. The number of aromatic nitrogens is 4. The zero-order valence-corrected chi connectivity index (χ0v) is 17.3. The molecule has 1 aromatic heterocycles.